The molecule has 0 bridgehead atoms. The second-order valence-corrected chi connectivity index (χ2v) is 9.66. The number of hydrogen-bond acceptors (Lipinski definition) is 5. The summed E-state index contributed by atoms with van der Waals surface area (Å²) in [6.45, 7) is 1.28. The third-order valence-corrected chi connectivity index (χ3v) is 7.57. The van der Waals surface area contributed by atoms with E-state index in [0.29, 0.717) is 24.5 Å². The fourth-order valence-corrected chi connectivity index (χ4v) is 5.93. The van der Waals surface area contributed by atoms with Gasteiger partial charge < -0.3 is 15.0 Å². The van der Waals surface area contributed by atoms with Crippen LogP contribution in [0.25, 0.3) is 0 Å². The van der Waals surface area contributed by atoms with E-state index in [0.717, 1.165) is 49.8 Å². The highest BCUT2D eigenvalue weighted by Gasteiger charge is 2.42. The topological polar surface area (TPSA) is 79.0 Å². The molecule has 168 valence electrons. The number of para-hydroxylation sites is 1. The first-order chi connectivity index (χ1) is 15.1. The molecule has 1 saturated carbocycles. The molecule has 2 fully saturated rings. The van der Waals surface area contributed by atoms with Crippen LogP contribution < -0.4 is 15.0 Å². The van der Waals surface area contributed by atoms with Gasteiger partial charge in [-0.2, -0.15) is 0 Å². The first-order valence-corrected chi connectivity index (χ1v) is 12.2. The molecular formula is C23H31N3O4S. The van der Waals surface area contributed by atoms with E-state index >= 15 is 0 Å². The third kappa shape index (κ3) is 4.84. The molecule has 1 saturated heterocycles. The van der Waals surface area contributed by atoms with Crippen LogP contribution in [0.15, 0.2) is 23.1 Å². The van der Waals surface area contributed by atoms with Crippen LogP contribution in [0.3, 0.4) is 0 Å². The maximum atomic E-state index is 13.5. The van der Waals surface area contributed by atoms with Crippen molar-refractivity contribution < 1.29 is 19.1 Å². The molecule has 31 heavy (non-hydrogen) atoms. The lowest BCUT2D eigenvalue weighted by atomic mass is 9.95. The largest absolute Gasteiger partial charge is 0.495 e. The monoisotopic (exact) mass is 445 g/mol. The summed E-state index contributed by atoms with van der Waals surface area (Å²) in [7, 11) is 1.55. The average molecular weight is 446 g/mol. The maximum absolute atomic E-state index is 13.5. The minimum atomic E-state index is -0.861. The number of nitrogens with one attached hydrogen (secondary N) is 1. The molecule has 2 heterocycles. The summed E-state index contributed by atoms with van der Waals surface area (Å²) < 4.78 is 5.50. The van der Waals surface area contributed by atoms with Gasteiger partial charge in [0.15, 0.2) is 5.25 Å². The normalized spacial score (nSPS) is 22.1. The van der Waals surface area contributed by atoms with Crippen LogP contribution in [0, 0.1) is 0 Å². The lowest BCUT2D eigenvalue weighted by Gasteiger charge is -2.37. The van der Waals surface area contributed by atoms with Crippen molar-refractivity contribution in [1.82, 2.24) is 10.2 Å². The molecular weight excluding hydrogens is 414 g/mol. The zero-order valence-electron chi connectivity index (χ0n) is 18.1. The molecule has 1 N–H and O–H groups in total. The van der Waals surface area contributed by atoms with Gasteiger partial charge >= 0.3 is 0 Å². The second-order valence-electron chi connectivity index (χ2n) is 8.52. The molecule has 8 heteroatoms. The van der Waals surface area contributed by atoms with Gasteiger partial charge in [0.25, 0.3) is 5.91 Å². The van der Waals surface area contributed by atoms with Gasteiger partial charge in [0, 0.05) is 24.0 Å². The summed E-state index contributed by atoms with van der Waals surface area (Å²) in [5.74, 6) is -0.141. The van der Waals surface area contributed by atoms with E-state index in [1.54, 1.807) is 18.1 Å². The van der Waals surface area contributed by atoms with Gasteiger partial charge in [-0.25, -0.2) is 0 Å². The van der Waals surface area contributed by atoms with Gasteiger partial charge in [0.2, 0.25) is 11.8 Å². The van der Waals surface area contributed by atoms with E-state index in [-0.39, 0.29) is 30.3 Å². The van der Waals surface area contributed by atoms with Crippen LogP contribution in [-0.4, -0.2) is 60.7 Å². The third-order valence-electron chi connectivity index (χ3n) is 6.35. The Kier molecular flexibility index (Phi) is 7.05. The van der Waals surface area contributed by atoms with Gasteiger partial charge in [-0.05, 0) is 44.2 Å². The molecule has 4 rings (SSSR count). The molecule has 7 nitrogen and oxygen atoms in total. The van der Waals surface area contributed by atoms with Crippen molar-refractivity contribution >= 4 is 35.2 Å². The van der Waals surface area contributed by atoms with Crippen LogP contribution >= 0.6 is 11.8 Å². The van der Waals surface area contributed by atoms with Crippen molar-refractivity contribution in [2.45, 2.75) is 67.6 Å². The van der Waals surface area contributed by atoms with E-state index in [1.807, 2.05) is 12.1 Å². The standard InChI is InChI=1S/C23H31N3O4S/c1-30-17-11-8-12-18-20(17)26(15-19(27)24-16-9-4-2-5-10-16)23(29)21(31-18)22(28)25-13-6-3-7-14-25/h8,11-12,16,21H,2-7,9-10,13-15H2,1H3,(H,24,27). The molecule has 1 atom stereocenters. The number of piperidine rings is 1. The average Bonchev–Trinajstić information content (AvgIpc) is 2.81. The van der Waals surface area contributed by atoms with Crippen molar-refractivity contribution in [1.29, 1.82) is 0 Å². The number of carbonyl (C=O) groups is 3. The smallest absolute Gasteiger partial charge is 0.250 e. The maximum Gasteiger partial charge on any atom is 0.250 e. The van der Waals surface area contributed by atoms with Gasteiger partial charge in [-0.3, -0.25) is 19.3 Å². The highest BCUT2D eigenvalue weighted by atomic mass is 32.2. The van der Waals surface area contributed by atoms with Crippen LogP contribution in [0.4, 0.5) is 5.69 Å². The minimum Gasteiger partial charge on any atom is -0.495 e. The van der Waals surface area contributed by atoms with E-state index in [1.165, 1.54) is 23.1 Å². The lowest BCUT2D eigenvalue weighted by molar-refractivity contribution is -0.136. The SMILES string of the molecule is COc1cccc2c1N(CC(=O)NC1CCCCC1)C(=O)C(C(=O)N1CCCCC1)S2. The van der Waals surface area contributed by atoms with Gasteiger partial charge in [-0.15, -0.1) is 11.8 Å². The zero-order chi connectivity index (χ0) is 21.8. The molecule has 3 amide bonds. The fraction of sp³-hybridized carbons (Fsp3) is 0.609. The Morgan fingerprint density at radius 3 is 2.52 bits per heavy atom. The van der Waals surface area contributed by atoms with Gasteiger partial charge in [0.1, 0.15) is 18.0 Å². The number of methoxy groups -OCH3 is 1. The van der Waals surface area contributed by atoms with Crippen molar-refractivity contribution in [3.05, 3.63) is 18.2 Å². The number of ether oxygens (including phenoxy) is 1. The molecule has 1 aromatic carbocycles. The number of likely N-dealkylation sites (tertiary alicyclic amines) is 1. The van der Waals surface area contributed by atoms with Crippen LogP contribution in [0.1, 0.15) is 51.4 Å². The number of amides is 3. The summed E-state index contributed by atoms with van der Waals surface area (Å²) in [5, 5.41) is 2.23. The summed E-state index contributed by atoms with van der Waals surface area (Å²) in [4.78, 5) is 43.6. The van der Waals surface area contributed by atoms with Crippen LogP contribution in [0.2, 0.25) is 0 Å². The van der Waals surface area contributed by atoms with Gasteiger partial charge in [0.05, 0.1) is 7.11 Å². The molecule has 0 radical (unpaired) electrons. The Morgan fingerprint density at radius 2 is 1.81 bits per heavy atom. The van der Waals surface area contributed by atoms with Gasteiger partial charge in [-0.1, -0.05) is 25.3 Å². The molecule has 2 aliphatic heterocycles. The lowest BCUT2D eigenvalue weighted by Crippen LogP contribution is -2.53. The number of anilines is 1. The number of nitrogens with zero attached hydrogens (tertiary/aromatic N) is 2. The number of fused-ring (bicyclic) bond motifs is 1. The van der Waals surface area contributed by atoms with E-state index < -0.39 is 5.25 Å². The Hall–Kier alpha value is -2.22. The first-order valence-electron chi connectivity index (χ1n) is 11.3. The summed E-state index contributed by atoms with van der Waals surface area (Å²) in [5.41, 5.74) is 0.585. The van der Waals surface area contributed by atoms with Crippen molar-refractivity contribution in [2.24, 2.45) is 0 Å². The van der Waals surface area contributed by atoms with Crippen LogP contribution in [-0.2, 0) is 14.4 Å². The zero-order valence-corrected chi connectivity index (χ0v) is 18.9. The van der Waals surface area contributed by atoms with Crippen molar-refractivity contribution in [3.63, 3.8) is 0 Å². The molecule has 1 unspecified atom stereocenters. The quantitative estimate of drug-likeness (QED) is 0.705. The van der Waals surface area contributed by atoms with E-state index in [4.69, 9.17) is 4.74 Å². The summed E-state index contributed by atoms with van der Waals surface area (Å²) >= 11 is 1.27. The first kappa shape index (κ1) is 22.0. The second kappa shape index (κ2) is 9.94. The highest BCUT2D eigenvalue weighted by Crippen LogP contribution is 2.45. The number of thioether (sulfide) groups is 1. The molecule has 0 aromatic heterocycles. The number of hydrogen-bond donors (Lipinski definition) is 1. The molecule has 1 aromatic rings. The minimum absolute atomic E-state index is 0.104. The predicted molar refractivity (Wildman–Crippen MR) is 120 cm³/mol. The van der Waals surface area contributed by atoms with E-state index in [9.17, 15) is 14.4 Å². The number of carbonyl (C=O) groups excluding carboxylic acids is 3. The molecule has 1 aliphatic carbocycles. The van der Waals surface area contributed by atoms with Crippen LogP contribution in [0.5, 0.6) is 5.75 Å². The molecule has 3 aliphatic rings. The Bertz CT molecular complexity index is 834. The van der Waals surface area contributed by atoms with E-state index in [2.05, 4.69) is 5.32 Å². The molecule has 0 spiro atoms. The Labute approximate surface area is 187 Å². The predicted octanol–water partition coefficient (Wildman–Crippen LogP) is 2.96. The number of rotatable bonds is 5. The number of benzene rings is 1. The summed E-state index contributed by atoms with van der Waals surface area (Å²) in [6, 6.07) is 5.69. The van der Waals surface area contributed by atoms with Crippen molar-refractivity contribution in [3.8, 4) is 5.75 Å². The summed E-state index contributed by atoms with van der Waals surface area (Å²) in [6.07, 6.45) is 8.45. The highest BCUT2D eigenvalue weighted by molar-refractivity contribution is 8.01. The Morgan fingerprint density at radius 1 is 1.10 bits per heavy atom. The van der Waals surface area contributed by atoms with Crippen molar-refractivity contribution in [2.75, 3.05) is 31.6 Å². The Balaban J connectivity index is 1.57. The fourth-order valence-electron chi connectivity index (χ4n) is 4.71.